The lowest BCUT2D eigenvalue weighted by Crippen LogP contribution is -2.02. The highest BCUT2D eigenvalue weighted by Crippen LogP contribution is 2.30. The van der Waals surface area contributed by atoms with Gasteiger partial charge in [-0.2, -0.15) is 10.2 Å². The molecule has 0 aliphatic carbocycles. The van der Waals surface area contributed by atoms with Crippen molar-refractivity contribution in [3.05, 3.63) is 70.8 Å². The van der Waals surface area contributed by atoms with Gasteiger partial charge in [0, 0.05) is 12.1 Å². The van der Waals surface area contributed by atoms with E-state index in [2.05, 4.69) is 66.2 Å². The van der Waals surface area contributed by atoms with Gasteiger partial charge in [0.2, 0.25) is 11.1 Å². The molecule has 3 aromatic heterocycles. The van der Waals surface area contributed by atoms with Crippen molar-refractivity contribution in [2.24, 2.45) is 0 Å². The molecule has 7 nitrogen and oxygen atoms in total. The Morgan fingerprint density at radius 1 is 0.966 bits per heavy atom. The quantitative estimate of drug-likeness (QED) is 0.397. The van der Waals surface area contributed by atoms with Crippen molar-refractivity contribution in [2.45, 2.75) is 6.54 Å². The van der Waals surface area contributed by atoms with Gasteiger partial charge in [-0.1, -0.05) is 48.5 Å². The molecule has 0 fully saturated rings. The topological polar surface area (TPSA) is 92.3 Å². The standard InChI is InChI=1S/C20H14ClN7S/c21-20-23-16-9-10-29-17(16)19(24-20)22-11-12-5-7-13(8-6-12)14-3-1-2-4-15(14)18-25-27-28-26-18/h1-10H,11H2,(H,22,23,24)(H,25,26,27,28). The normalized spacial score (nSPS) is 11.1. The van der Waals surface area contributed by atoms with Gasteiger partial charge in [-0.3, -0.25) is 0 Å². The Balaban J connectivity index is 1.38. The fraction of sp³-hybridized carbons (Fsp3) is 0.0500. The number of rotatable bonds is 5. The first-order valence-electron chi connectivity index (χ1n) is 8.85. The molecule has 2 N–H and O–H groups in total. The molecule has 0 saturated heterocycles. The zero-order valence-corrected chi connectivity index (χ0v) is 16.6. The summed E-state index contributed by atoms with van der Waals surface area (Å²) in [5.74, 6) is 1.33. The second-order valence-electron chi connectivity index (χ2n) is 6.31. The maximum absolute atomic E-state index is 6.03. The summed E-state index contributed by atoms with van der Waals surface area (Å²) in [4.78, 5) is 8.56. The Morgan fingerprint density at radius 3 is 2.59 bits per heavy atom. The largest absolute Gasteiger partial charge is 0.365 e. The second-order valence-corrected chi connectivity index (χ2v) is 7.56. The molecule has 0 atom stereocenters. The number of hydrogen-bond acceptors (Lipinski definition) is 7. The summed E-state index contributed by atoms with van der Waals surface area (Å²) in [5, 5.41) is 20.0. The van der Waals surface area contributed by atoms with Gasteiger partial charge >= 0.3 is 0 Å². The minimum absolute atomic E-state index is 0.242. The van der Waals surface area contributed by atoms with Gasteiger partial charge < -0.3 is 5.32 Å². The van der Waals surface area contributed by atoms with Gasteiger partial charge in [-0.15, -0.1) is 21.5 Å². The van der Waals surface area contributed by atoms with Gasteiger partial charge in [0.1, 0.15) is 5.82 Å². The van der Waals surface area contributed by atoms with E-state index in [-0.39, 0.29) is 5.28 Å². The lowest BCUT2D eigenvalue weighted by Gasteiger charge is -2.10. The van der Waals surface area contributed by atoms with Crippen LogP contribution in [0.5, 0.6) is 0 Å². The first kappa shape index (κ1) is 17.7. The van der Waals surface area contributed by atoms with Gasteiger partial charge in [0.25, 0.3) is 0 Å². The van der Waals surface area contributed by atoms with E-state index in [1.165, 1.54) is 0 Å². The molecular formula is C20H14ClN7S. The summed E-state index contributed by atoms with van der Waals surface area (Å²) < 4.78 is 1.00. The predicted octanol–water partition coefficient (Wildman–Crippen LogP) is 4.80. The van der Waals surface area contributed by atoms with Crippen LogP contribution in [0, 0.1) is 0 Å². The fourth-order valence-electron chi connectivity index (χ4n) is 3.15. The van der Waals surface area contributed by atoms with Crippen molar-refractivity contribution in [1.29, 1.82) is 0 Å². The smallest absolute Gasteiger partial charge is 0.224 e. The molecule has 0 aliphatic rings. The molecule has 29 heavy (non-hydrogen) atoms. The third-order valence-corrected chi connectivity index (χ3v) is 5.59. The SMILES string of the molecule is Clc1nc(NCc2ccc(-c3ccccc3-c3nn[nH]n3)cc2)c2sccc2n1. The highest BCUT2D eigenvalue weighted by atomic mass is 35.5. The number of H-pyrrole nitrogens is 1. The maximum Gasteiger partial charge on any atom is 0.224 e. The average molecular weight is 420 g/mol. The molecule has 2 aromatic carbocycles. The monoisotopic (exact) mass is 419 g/mol. The number of aromatic amines is 1. The first-order valence-corrected chi connectivity index (χ1v) is 10.1. The van der Waals surface area contributed by atoms with Crippen LogP contribution >= 0.6 is 22.9 Å². The van der Waals surface area contributed by atoms with Crippen molar-refractivity contribution in [2.75, 3.05) is 5.32 Å². The molecule has 0 saturated carbocycles. The predicted molar refractivity (Wildman–Crippen MR) is 115 cm³/mol. The summed E-state index contributed by atoms with van der Waals surface area (Å²) in [7, 11) is 0. The number of fused-ring (bicyclic) bond motifs is 1. The molecule has 0 bridgehead atoms. The van der Waals surface area contributed by atoms with Crippen molar-refractivity contribution in [3.63, 3.8) is 0 Å². The van der Waals surface area contributed by atoms with Gasteiger partial charge in [-0.25, -0.2) is 4.98 Å². The molecule has 142 valence electrons. The number of nitrogens with zero attached hydrogens (tertiary/aromatic N) is 5. The van der Waals surface area contributed by atoms with Gasteiger partial charge in [0.05, 0.1) is 10.2 Å². The van der Waals surface area contributed by atoms with Crippen LogP contribution in [-0.2, 0) is 6.54 Å². The Bertz CT molecular complexity index is 1270. The molecule has 0 radical (unpaired) electrons. The summed E-state index contributed by atoms with van der Waals surface area (Å²) in [6.07, 6.45) is 0. The number of nitrogens with one attached hydrogen (secondary N) is 2. The summed E-state index contributed by atoms with van der Waals surface area (Å²) in [5.41, 5.74) is 5.05. The van der Waals surface area contributed by atoms with E-state index in [1.807, 2.05) is 29.6 Å². The Labute approximate surface area is 174 Å². The number of hydrogen-bond donors (Lipinski definition) is 2. The third kappa shape index (κ3) is 3.55. The fourth-order valence-corrected chi connectivity index (χ4v) is 4.12. The molecule has 3 heterocycles. The minimum atomic E-state index is 0.242. The average Bonchev–Trinajstić information content (AvgIpc) is 3.44. The lowest BCUT2D eigenvalue weighted by molar-refractivity contribution is 0.881. The molecule has 0 amide bonds. The molecule has 0 unspecified atom stereocenters. The molecule has 5 aromatic rings. The maximum atomic E-state index is 6.03. The van der Waals surface area contributed by atoms with Crippen LogP contribution in [0.15, 0.2) is 60.0 Å². The van der Waals surface area contributed by atoms with Gasteiger partial charge in [-0.05, 0) is 45.0 Å². The molecular weight excluding hydrogens is 406 g/mol. The van der Waals surface area contributed by atoms with Crippen molar-refractivity contribution in [1.82, 2.24) is 30.6 Å². The number of thiophene rings is 1. The highest BCUT2D eigenvalue weighted by Gasteiger charge is 2.11. The zero-order valence-electron chi connectivity index (χ0n) is 15.0. The zero-order chi connectivity index (χ0) is 19.6. The lowest BCUT2D eigenvalue weighted by atomic mass is 9.98. The van der Waals surface area contributed by atoms with Crippen LogP contribution in [0.1, 0.15) is 5.56 Å². The number of aromatic nitrogens is 6. The van der Waals surface area contributed by atoms with Crippen LogP contribution in [0.25, 0.3) is 32.7 Å². The van der Waals surface area contributed by atoms with Crippen LogP contribution in [-0.4, -0.2) is 30.6 Å². The summed E-state index contributed by atoms with van der Waals surface area (Å²) in [6, 6.07) is 18.3. The van der Waals surface area contributed by atoms with E-state index in [4.69, 9.17) is 11.6 Å². The van der Waals surface area contributed by atoms with E-state index >= 15 is 0 Å². The molecule has 0 spiro atoms. The summed E-state index contributed by atoms with van der Waals surface area (Å²) in [6.45, 7) is 0.632. The van der Waals surface area contributed by atoms with E-state index < -0.39 is 0 Å². The first-order chi connectivity index (χ1) is 14.3. The van der Waals surface area contributed by atoms with Crippen molar-refractivity contribution < 1.29 is 0 Å². The Hall–Kier alpha value is -3.36. The van der Waals surface area contributed by atoms with E-state index in [0.717, 1.165) is 38.3 Å². The van der Waals surface area contributed by atoms with E-state index in [0.29, 0.717) is 12.4 Å². The molecule has 9 heteroatoms. The molecule has 0 aliphatic heterocycles. The van der Waals surface area contributed by atoms with E-state index in [9.17, 15) is 0 Å². The Kier molecular flexibility index (Phi) is 4.63. The van der Waals surface area contributed by atoms with E-state index in [1.54, 1.807) is 11.3 Å². The van der Waals surface area contributed by atoms with Crippen LogP contribution in [0.2, 0.25) is 5.28 Å². The van der Waals surface area contributed by atoms with Crippen LogP contribution < -0.4 is 5.32 Å². The van der Waals surface area contributed by atoms with Crippen molar-refractivity contribution in [3.8, 4) is 22.5 Å². The number of tetrazole rings is 1. The molecule has 5 rings (SSSR count). The minimum Gasteiger partial charge on any atom is -0.365 e. The van der Waals surface area contributed by atoms with Crippen molar-refractivity contribution >= 4 is 39.0 Å². The number of halogens is 1. The van der Waals surface area contributed by atoms with Crippen LogP contribution in [0.3, 0.4) is 0 Å². The number of benzene rings is 2. The second kappa shape index (κ2) is 7.57. The highest BCUT2D eigenvalue weighted by molar-refractivity contribution is 7.17. The van der Waals surface area contributed by atoms with Gasteiger partial charge in [0.15, 0.2) is 0 Å². The Morgan fingerprint density at radius 2 is 1.79 bits per heavy atom. The third-order valence-electron chi connectivity index (χ3n) is 4.51. The van der Waals surface area contributed by atoms with Crippen LogP contribution in [0.4, 0.5) is 5.82 Å². The number of anilines is 1. The summed E-state index contributed by atoms with van der Waals surface area (Å²) >= 11 is 7.63.